The van der Waals surface area contributed by atoms with Crippen LogP contribution < -0.4 is 4.90 Å². The monoisotopic (exact) mass is 280 g/mol. The molecule has 2 aromatic rings. The number of nitrogens with zero attached hydrogens (tertiary/aromatic N) is 2. The van der Waals surface area contributed by atoms with Gasteiger partial charge in [-0.2, -0.15) is 0 Å². The van der Waals surface area contributed by atoms with Crippen molar-refractivity contribution in [3.8, 4) is 0 Å². The molecule has 0 saturated carbocycles. The highest BCUT2D eigenvalue weighted by atomic mass is 32.1. The summed E-state index contributed by atoms with van der Waals surface area (Å²) in [6, 6.07) is 4.50. The second kappa shape index (κ2) is 5.67. The minimum absolute atomic E-state index is 0.331. The molecule has 0 unspecified atom stereocenters. The number of thiazole rings is 1. The lowest BCUT2D eigenvalue weighted by Gasteiger charge is -2.23. The third kappa shape index (κ3) is 3.11. The molecule has 0 bridgehead atoms. The van der Waals surface area contributed by atoms with Gasteiger partial charge in [-0.3, -0.25) is 0 Å². The minimum Gasteiger partial charge on any atom is -0.389 e. The second-order valence-electron chi connectivity index (χ2n) is 4.60. The number of halogens is 1. The molecule has 0 radical (unpaired) electrons. The Kier molecular flexibility index (Phi) is 4.17. The van der Waals surface area contributed by atoms with Crippen molar-refractivity contribution in [2.75, 3.05) is 11.9 Å². The van der Waals surface area contributed by atoms with Gasteiger partial charge in [0, 0.05) is 23.2 Å². The number of rotatable bonds is 4. The van der Waals surface area contributed by atoms with Gasteiger partial charge in [0.1, 0.15) is 5.82 Å². The van der Waals surface area contributed by atoms with Gasteiger partial charge in [0.05, 0.1) is 23.9 Å². The van der Waals surface area contributed by atoms with E-state index >= 15 is 0 Å². The Labute approximate surface area is 116 Å². The standard InChI is InChI=1S/C14H17FN2OS/c1-9-14(19-8-16-9)7-17(3)13-5-4-11(15)6-12(13)10(2)18/h4-6,8,10,18H,7H2,1-3H3/t10-/m0/s1. The van der Waals surface area contributed by atoms with Crippen molar-refractivity contribution >= 4 is 17.0 Å². The van der Waals surface area contributed by atoms with Crippen LogP contribution in [0.2, 0.25) is 0 Å². The van der Waals surface area contributed by atoms with E-state index in [1.165, 1.54) is 17.0 Å². The van der Waals surface area contributed by atoms with E-state index in [1.807, 2.05) is 24.4 Å². The normalized spacial score (nSPS) is 12.5. The largest absolute Gasteiger partial charge is 0.389 e. The molecule has 2 rings (SSSR count). The smallest absolute Gasteiger partial charge is 0.123 e. The number of aliphatic hydroxyl groups is 1. The van der Waals surface area contributed by atoms with Crippen LogP contribution in [0, 0.1) is 12.7 Å². The van der Waals surface area contributed by atoms with Crippen molar-refractivity contribution in [2.45, 2.75) is 26.5 Å². The van der Waals surface area contributed by atoms with Gasteiger partial charge in [0.15, 0.2) is 0 Å². The average molecular weight is 280 g/mol. The maximum atomic E-state index is 13.3. The summed E-state index contributed by atoms with van der Waals surface area (Å²) in [5, 5.41) is 9.76. The van der Waals surface area contributed by atoms with E-state index < -0.39 is 6.10 Å². The van der Waals surface area contributed by atoms with Gasteiger partial charge in [0.2, 0.25) is 0 Å². The molecule has 102 valence electrons. The van der Waals surface area contributed by atoms with E-state index in [0.717, 1.165) is 11.4 Å². The van der Waals surface area contributed by atoms with Crippen LogP contribution in [0.5, 0.6) is 0 Å². The van der Waals surface area contributed by atoms with Gasteiger partial charge in [-0.25, -0.2) is 9.37 Å². The zero-order chi connectivity index (χ0) is 14.0. The maximum Gasteiger partial charge on any atom is 0.123 e. The van der Waals surface area contributed by atoms with Gasteiger partial charge >= 0.3 is 0 Å². The number of hydrogen-bond acceptors (Lipinski definition) is 4. The van der Waals surface area contributed by atoms with Crippen LogP contribution in [-0.4, -0.2) is 17.1 Å². The Morgan fingerprint density at radius 1 is 1.47 bits per heavy atom. The van der Waals surface area contributed by atoms with E-state index in [9.17, 15) is 9.50 Å². The molecular weight excluding hydrogens is 263 g/mol. The molecule has 0 spiro atoms. The van der Waals surface area contributed by atoms with Crippen LogP contribution in [0.4, 0.5) is 10.1 Å². The molecule has 1 aromatic heterocycles. The first-order valence-corrected chi connectivity index (χ1v) is 6.94. The van der Waals surface area contributed by atoms with Crippen LogP contribution in [0.1, 0.15) is 29.2 Å². The fourth-order valence-corrected chi connectivity index (χ4v) is 2.82. The first kappa shape index (κ1) is 14.0. The molecule has 1 aromatic carbocycles. The molecule has 5 heteroatoms. The molecule has 1 atom stereocenters. The first-order chi connectivity index (χ1) is 8.99. The fourth-order valence-electron chi connectivity index (χ4n) is 1.99. The first-order valence-electron chi connectivity index (χ1n) is 6.06. The van der Waals surface area contributed by atoms with Crippen molar-refractivity contribution in [1.29, 1.82) is 0 Å². The van der Waals surface area contributed by atoms with Gasteiger partial charge in [-0.15, -0.1) is 11.3 Å². The molecule has 1 heterocycles. The number of hydrogen-bond donors (Lipinski definition) is 1. The molecule has 0 amide bonds. The predicted octanol–water partition coefficient (Wildman–Crippen LogP) is 3.28. The number of aliphatic hydroxyl groups excluding tert-OH is 1. The second-order valence-corrected chi connectivity index (χ2v) is 5.54. The summed E-state index contributed by atoms with van der Waals surface area (Å²) >= 11 is 1.60. The molecule has 1 N–H and O–H groups in total. The Bertz CT molecular complexity index is 568. The summed E-state index contributed by atoms with van der Waals surface area (Å²) in [4.78, 5) is 7.39. The van der Waals surface area contributed by atoms with E-state index in [1.54, 1.807) is 24.3 Å². The Morgan fingerprint density at radius 3 is 2.79 bits per heavy atom. The maximum absolute atomic E-state index is 13.3. The van der Waals surface area contributed by atoms with Crippen molar-refractivity contribution in [3.05, 3.63) is 45.7 Å². The van der Waals surface area contributed by atoms with E-state index in [2.05, 4.69) is 4.98 Å². The highest BCUT2D eigenvalue weighted by molar-refractivity contribution is 7.09. The highest BCUT2D eigenvalue weighted by Crippen LogP contribution is 2.28. The lowest BCUT2D eigenvalue weighted by atomic mass is 10.1. The summed E-state index contributed by atoms with van der Waals surface area (Å²) < 4.78 is 13.3. The lowest BCUT2D eigenvalue weighted by molar-refractivity contribution is 0.199. The van der Waals surface area contributed by atoms with Crippen molar-refractivity contribution in [1.82, 2.24) is 4.98 Å². The molecule has 0 aliphatic heterocycles. The quantitative estimate of drug-likeness (QED) is 0.933. The summed E-state index contributed by atoms with van der Waals surface area (Å²) in [6.07, 6.45) is -0.698. The van der Waals surface area contributed by atoms with Gasteiger partial charge in [-0.1, -0.05) is 0 Å². The van der Waals surface area contributed by atoms with Crippen LogP contribution in [0.3, 0.4) is 0 Å². The van der Waals surface area contributed by atoms with Crippen molar-refractivity contribution in [3.63, 3.8) is 0 Å². The number of anilines is 1. The van der Waals surface area contributed by atoms with E-state index in [0.29, 0.717) is 12.1 Å². The predicted molar refractivity (Wildman–Crippen MR) is 76.0 cm³/mol. The zero-order valence-corrected chi connectivity index (χ0v) is 12.0. The topological polar surface area (TPSA) is 36.4 Å². The summed E-state index contributed by atoms with van der Waals surface area (Å²) in [5.74, 6) is -0.331. The summed E-state index contributed by atoms with van der Waals surface area (Å²) in [7, 11) is 1.93. The Morgan fingerprint density at radius 2 is 2.21 bits per heavy atom. The van der Waals surface area contributed by atoms with Crippen LogP contribution in [0.25, 0.3) is 0 Å². The fraction of sp³-hybridized carbons (Fsp3) is 0.357. The Hall–Kier alpha value is -1.46. The number of benzene rings is 1. The lowest BCUT2D eigenvalue weighted by Crippen LogP contribution is -2.18. The molecule has 19 heavy (non-hydrogen) atoms. The molecule has 0 fully saturated rings. The summed E-state index contributed by atoms with van der Waals surface area (Å²) in [5.41, 5.74) is 4.27. The summed E-state index contributed by atoms with van der Waals surface area (Å²) in [6.45, 7) is 4.31. The van der Waals surface area contributed by atoms with Crippen molar-refractivity contribution in [2.24, 2.45) is 0 Å². The van der Waals surface area contributed by atoms with Gasteiger partial charge < -0.3 is 10.0 Å². The van der Waals surface area contributed by atoms with Gasteiger partial charge in [0.25, 0.3) is 0 Å². The molecule has 0 aliphatic rings. The van der Waals surface area contributed by atoms with Crippen molar-refractivity contribution < 1.29 is 9.50 Å². The van der Waals surface area contributed by atoms with Crippen LogP contribution in [0.15, 0.2) is 23.7 Å². The number of aryl methyl sites for hydroxylation is 1. The SMILES string of the molecule is Cc1ncsc1CN(C)c1ccc(F)cc1[C@H](C)O. The average Bonchev–Trinajstić information content (AvgIpc) is 2.74. The van der Waals surface area contributed by atoms with Crippen LogP contribution >= 0.6 is 11.3 Å². The highest BCUT2D eigenvalue weighted by Gasteiger charge is 2.14. The zero-order valence-electron chi connectivity index (χ0n) is 11.2. The van der Waals surface area contributed by atoms with Gasteiger partial charge in [-0.05, 0) is 32.0 Å². The molecule has 3 nitrogen and oxygen atoms in total. The Balaban J connectivity index is 2.28. The molecule has 0 saturated heterocycles. The number of aromatic nitrogens is 1. The third-order valence-electron chi connectivity index (χ3n) is 3.08. The van der Waals surface area contributed by atoms with E-state index in [-0.39, 0.29) is 5.82 Å². The third-order valence-corrected chi connectivity index (χ3v) is 4.00. The van der Waals surface area contributed by atoms with E-state index in [4.69, 9.17) is 0 Å². The minimum atomic E-state index is -0.698. The van der Waals surface area contributed by atoms with Crippen LogP contribution in [-0.2, 0) is 6.54 Å². The molecule has 0 aliphatic carbocycles. The molecular formula is C14H17FN2OS.